The second-order valence-electron chi connectivity index (χ2n) is 10.2. The molecule has 2 fully saturated rings. The molecule has 0 saturated carbocycles. The van der Waals surface area contributed by atoms with Gasteiger partial charge in [0.1, 0.15) is 0 Å². The van der Waals surface area contributed by atoms with Crippen molar-refractivity contribution in [2.75, 3.05) is 57.3 Å². The molecule has 2 radical (unpaired) electrons. The number of nitrogens with one attached hydrogen (secondary N) is 3. The van der Waals surface area contributed by atoms with Gasteiger partial charge >= 0.3 is 0 Å². The summed E-state index contributed by atoms with van der Waals surface area (Å²) in [5.74, 6) is 0.863. The van der Waals surface area contributed by atoms with Gasteiger partial charge < -0.3 is 21.7 Å². The van der Waals surface area contributed by atoms with Gasteiger partial charge in [-0.3, -0.25) is 9.80 Å². The van der Waals surface area contributed by atoms with Crippen LogP contribution in [0.3, 0.4) is 0 Å². The fraction of sp³-hybridized carbons (Fsp3) is 0.467. The van der Waals surface area contributed by atoms with Gasteiger partial charge in [0.2, 0.25) is 5.95 Å². The minimum absolute atomic E-state index is 0. The second-order valence-corrected chi connectivity index (χ2v) is 10.2. The minimum atomic E-state index is 0. The van der Waals surface area contributed by atoms with E-state index in [1.807, 2.05) is 19.9 Å². The predicted octanol–water partition coefficient (Wildman–Crippen LogP) is 4.61. The van der Waals surface area contributed by atoms with Gasteiger partial charge in [0.15, 0.2) is 0 Å². The van der Waals surface area contributed by atoms with Gasteiger partial charge in [0.25, 0.3) is 0 Å². The number of anilines is 1. The molecule has 40 heavy (non-hydrogen) atoms. The second kappa shape index (κ2) is 19.3. The zero-order valence-electron chi connectivity index (χ0n) is 24.1. The fourth-order valence-corrected chi connectivity index (χ4v) is 4.87. The summed E-state index contributed by atoms with van der Waals surface area (Å²) < 4.78 is 0. The van der Waals surface area contributed by atoms with E-state index in [-0.39, 0.29) is 88.1 Å². The van der Waals surface area contributed by atoms with Crippen molar-refractivity contribution in [3.8, 4) is 0 Å². The first-order chi connectivity index (χ1) is 18.5. The van der Waals surface area contributed by atoms with E-state index in [9.17, 15) is 0 Å². The van der Waals surface area contributed by atoms with Crippen molar-refractivity contribution in [1.29, 1.82) is 0 Å². The molecular weight excluding hydrogens is 926 g/mol. The Morgan fingerprint density at radius 1 is 0.625 bits per heavy atom. The first kappa shape index (κ1) is 36.2. The monoisotopic (exact) mass is 968 g/mol. The van der Waals surface area contributed by atoms with Crippen molar-refractivity contribution in [3.63, 3.8) is 0 Å². The van der Waals surface area contributed by atoms with Crippen molar-refractivity contribution in [2.24, 2.45) is 0 Å². The third-order valence-electron chi connectivity index (χ3n) is 7.10. The van der Waals surface area contributed by atoms with Crippen LogP contribution in [0.4, 0.5) is 5.95 Å². The standard InChI is InChI=1S/C18H24N5.C12H18N3.2Ac/c1-14-11-15(2)21-18(20-14)23-9-7-22(8-10-23)13-17-5-3-16(12-19)4-6-17;13-9-11-1-3-12(4-2-11)10-15-7-5-14-6-8-15;;/h3-6,11,19H,7-10,12-13H2,1-2H3;1-4,13-14H,5-10H2;;/q2*-1;;. The Kier molecular flexibility index (Phi) is 17.5. The van der Waals surface area contributed by atoms with E-state index in [4.69, 9.17) is 11.5 Å². The maximum Gasteiger partial charge on any atom is 0.225 e. The molecule has 3 aromatic rings. The van der Waals surface area contributed by atoms with E-state index in [2.05, 4.69) is 78.5 Å². The first-order valence-corrected chi connectivity index (χ1v) is 13.7. The number of aryl methyl sites for hydroxylation is 2. The molecule has 5 rings (SSSR count). The van der Waals surface area contributed by atoms with Crippen LogP contribution in [0.15, 0.2) is 54.6 Å². The van der Waals surface area contributed by atoms with Gasteiger partial charge in [-0.05, 0) is 31.0 Å². The van der Waals surface area contributed by atoms with Crippen LogP contribution in [0.1, 0.15) is 33.6 Å². The number of benzene rings is 2. The fourth-order valence-electron chi connectivity index (χ4n) is 4.87. The summed E-state index contributed by atoms with van der Waals surface area (Å²) in [4.78, 5) is 16.3. The van der Waals surface area contributed by atoms with Crippen LogP contribution in [-0.2, 0) is 26.2 Å². The molecule has 0 amide bonds. The van der Waals surface area contributed by atoms with Gasteiger partial charge in [0, 0.05) is 165 Å². The Hall–Kier alpha value is 0.00312. The van der Waals surface area contributed by atoms with Crippen LogP contribution in [0.2, 0.25) is 0 Å². The van der Waals surface area contributed by atoms with E-state index < -0.39 is 0 Å². The number of hydrogen-bond donors (Lipinski definition) is 1. The predicted molar refractivity (Wildman–Crippen MR) is 156 cm³/mol. The Bertz CT molecular complexity index is 1090. The quantitative estimate of drug-likeness (QED) is 0.372. The minimum Gasteiger partial charge on any atom is -0.674 e. The van der Waals surface area contributed by atoms with Gasteiger partial charge in [-0.25, -0.2) is 9.97 Å². The summed E-state index contributed by atoms with van der Waals surface area (Å²) >= 11 is 0. The third-order valence-corrected chi connectivity index (χ3v) is 7.10. The first-order valence-electron chi connectivity index (χ1n) is 13.7. The van der Waals surface area contributed by atoms with Crippen LogP contribution in [-0.4, -0.2) is 72.1 Å². The van der Waals surface area contributed by atoms with Gasteiger partial charge in [-0.15, -0.1) is 13.1 Å². The summed E-state index contributed by atoms with van der Waals surface area (Å²) in [6, 6.07) is 18.8. The average molecular weight is 969 g/mol. The van der Waals surface area contributed by atoms with Crippen molar-refractivity contribution in [1.82, 2.24) is 25.1 Å². The Balaban J connectivity index is 0.000000288. The molecule has 2 aliphatic heterocycles. The summed E-state index contributed by atoms with van der Waals surface area (Å²) in [5.41, 5.74) is 21.5. The van der Waals surface area contributed by atoms with E-state index in [0.717, 1.165) is 93.9 Å². The Morgan fingerprint density at radius 2 is 1.02 bits per heavy atom. The number of hydrogen-bond acceptors (Lipinski definition) is 6. The molecule has 0 bridgehead atoms. The molecule has 3 heterocycles. The van der Waals surface area contributed by atoms with E-state index in [1.54, 1.807) is 0 Å². The number of piperazine rings is 2. The molecule has 0 aliphatic carbocycles. The summed E-state index contributed by atoms with van der Waals surface area (Å²) in [7, 11) is 0. The molecule has 210 valence electrons. The topological polar surface area (TPSA) is 95.1 Å². The van der Waals surface area contributed by atoms with Crippen molar-refractivity contribution < 1.29 is 88.1 Å². The molecule has 3 N–H and O–H groups in total. The van der Waals surface area contributed by atoms with E-state index in [1.165, 1.54) is 11.1 Å². The summed E-state index contributed by atoms with van der Waals surface area (Å²) in [6.07, 6.45) is 0. The summed E-state index contributed by atoms with van der Waals surface area (Å²) in [5, 5.41) is 3.35. The van der Waals surface area contributed by atoms with Crippen LogP contribution >= 0.6 is 0 Å². The van der Waals surface area contributed by atoms with Crippen molar-refractivity contribution >= 4 is 5.95 Å². The molecule has 0 unspecified atom stereocenters. The van der Waals surface area contributed by atoms with Crippen LogP contribution in [0, 0.1) is 102 Å². The summed E-state index contributed by atoms with van der Waals surface area (Å²) in [6.45, 7) is 15.3. The van der Waals surface area contributed by atoms with E-state index >= 15 is 0 Å². The number of rotatable bonds is 7. The zero-order chi connectivity index (χ0) is 26.7. The smallest absolute Gasteiger partial charge is 0.225 e. The molecule has 8 nitrogen and oxygen atoms in total. The molecule has 0 spiro atoms. The van der Waals surface area contributed by atoms with Gasteiger partial charge in [0.05, 0.1) is 0 Å². The normalized spacial score (nSPS) is 15.8. The maximum absolute atomic E-state index is 7.37. The molecule has 2 aliphatic rings. The molecule has 10 heteroatoms. The van der Waals surface area contributed by atoms with Crippen LogP contribution in [0.25, 0.3) is 11.5 Å². The zero-order valence-corrected chi connectivity index (χ0v) is 33.6. The molecule has 1 aromatic heterocycles. The van der Waals surface area contributed by atoms with Gasteiger partial charge in [-0.1, -0.05) is 59.7 Å². The Labute approximate surface area is 312 Å². The van der Waals surface area contributed by atoms with Gasteiger partial charge in [-0.2, -0.15) is 0 Å². The number of nitrogens with zero attached hydrogens (tertiary/aromatic N) is 5. The SMILES string of the molecule is Cc1cc(C)nc(N2CCN(Cc3ccc(C[NH-])cc3)CC2)n1.[Ac].[Ac].[NH-]Cc1ccc(CN2CCNCC2)cc1. The maximum atomic E-state index is 7.37. The van der Waals surface area contributed by atoms with Crippen molar-refractivity contribution in [2.45, 2.75) is 40.0 Å². The number of aromatic nitrogens is 2. The van der Waals surface area contributed by atoms with E-state index in [0.29, 0.717) is 13.1 Å². The van der Waals surface area contributed by atoms with Crippen LogP contribution in [0.5, 0.6) is 0 Å². The Morgan fingerprint density at radius 3 is 1.45 bits per heavy atom. The largest absolute Gasteiger partial charge is 0.674 e. The van der Waals surface area contributed by atoms with Crippen molar-refractivity contribution in [3.05, 3.63) is 99.7 Å². The molecule has 2 aromatic carbocycles. The third kappa shape index (κ3) is 11.9. The molecule has 0 atom stereocenters. The molecule has 2 saturated heterocycles. The van der Waals surface area contributed by atoms with Crippen LogP contribution < -0.4 is 10.2 Å². The average Bonchev–Trinajstić information content (AvgIpc) is 2.95. The molecular formula is C30H42Ac2N8-2.